The van der Waals surface area contributed by atoms with Crippen LogP contribution in [0.1, 0.15) is 42.9 Å². The summed E-state index contributed by atoms with van der Waals surface area (Å²) in [7, 11) is 1.75. The highest BCUT2D eigenvalue weighted by molar-refractivity contribution is 5.36. The van der Waals surface area contributed by atoms with E-state index in [1.807, 2.05) is 0 Å². The predicted molar refractivity (Wildman–Crippen MR) is 66.6 cm³/mol. The normalized spacial score (nSPS) is 21.2. The first-order valence-corrected chi connectivity index (χ1v) is 6.74. The van der Waals surface area contributed by atoms with Gasteiger partial charge in [0.05, 0.1) is 7.11 Å². The first-order chi connectivity index (χ1) is 8.40. The number of hydrogen-bond acceptors (Lipinski definition) is 3. The standard InChI is InChI=1S/C13H21N3O/c1-17-13-12(10-5-7-14-8-6-10)11-4-2-3-9-16(11)15-13/h10,14H,2-9H2,1H3. The van der Waals surface area contributed by atoms with Gasteiger partial charge in [0.1, 0.15) is 0 Å². The molecule has 0 bridgehead atoms. The second-order valence-electron chi connectivity index (χ2n) is 5.07. The van der Waals surface area contributed by atoms with Crippen LogP contribution < -0.4 is 10.1 Å². The summed E-state index contributed by atoms with van der Waals surface area (Å²) in [6.07, 6.45) is 6.16. The quantitative estimate of drug-likeness (QED) is 0.848. The molecule has 1 saturated heterocycles. The van der Waals surface area contributed by atoms with Crippen LogP contribution in [0.25, 0.3) is 0 Å². The van der Waals surface area contributed by atoms with Crippen molar-refractivity contribution in [3.05, 3.63) is 11.3 Å². The van der Waals surface area contributed by atoms with Gasteiger partial charge in [-0.1, -0.05) is 0 Å². The topological polar surface area (TPSA) is 39.1 Å². The van der Waals surface area contributed by atoms with Gasteiger partial charge in [-0.25, -0.2) is 0 Å². The van der Waals surface area contributed by atoms with Gasteiger partial charge in [-0.15, -0.1) is 5.10 Å². The molecule has 4 heteroatoms. The van der Waals surface area contributed by atoms with Crippen LogP contribution in [-0.4, -0.2) is 30.0 Å². The molecule has 2 aliphatic rings. The molecule has 1 fully saturated rings. The Hall–Kier alpha value is -1.03. The molecular formula is C13H21N3O. The van der Waals surface area contributed by atoms with Gasteiger partial charge in [-0.2, -0.15) is 0 Å². The number of rotatable bonds is 2. The molecule has 4 nitrogen and oxygen atoms in total. The van der Waals surface area contributed by atoms with E-state index in [2.05, 4.69) is 15.1 Å². The van der Waals surface area contributed by atoms with Crippen LogP contribution in [0.5, 0.6) is 5.88 Å². The summed E-state index contributed by atoms with van der Waals surface area (Å²) < 4.78 is 7.68. The molecule has 0 aliphatic carbocycles. The fraction of sp³-hybridized carbons (Fsp3) is 0.769. The number of methoxy groups -OCH3 is 1. The van der Waals surface area contributed by atoms with Crippen molar-refractivity contribution < 1.29 is 4.74 Å². The number of aryl methyl sites for hydroxylation is 1. The Bertz CT molecular complexity index is 394. The summed E-state index contributed by atoms with van der Waals surface area (Å²) in [5, 5.41) is 8.04. The van der Waals surface area contributed by atoms with Gasteiger partial charge >= 0.3 is 0 Å². The molecular weight excluding hydrogens is 214 g/mol. The van der Waals surface area contributed by atoms with Crippen molar-refractivity contribution in [3.63, 3.8) is 0 Å². The lowest BCUT2D eigenvalue weighted by Crippen LogP contribution is -2.27. The largest absolute Gasteiger partial charge is 0.480 e. The van der Waals surface area contributed by atoms with Gasteiger partial charge in [0.15, 0.2) is 0 Å². The van der Waals surface area contributed by atoms with Crippen LogP contribution in [-0.2, 0) is 13.0 Å². The zero-order valence-electron chi connectivity index (χ0n) is 10.5. The van der Waals surface area contributed by atoms with Crippen molar-refractivity contribution in [3.8, 4) is 5.88 Å². The summed E-state index contributed by atoms with van der Waals surface area (Å²) in [5.41, 5.74) is 2.86. The number of fused-ring (bicyclic) bond motifs is 1. The van der Waals surface area contributed by atoms with Gasteiger partial charge < -0.3 is 10.1 Å². The maximum absolute atomic E-state index is 5.50. The van der Waals surface area contributed by atoms with Gasteiger partial charge in [0.2, 0.25) is 5.88 Å². The Balaban J connectivity index is 1.97. The average molecular weight is 235 g/mol. The lowest BCUT2D eigenvalue weighted by Gasteiger charge is -2.24. The maximum Gasteiger partial charge on any atom is 0.236 e. The molecule has 0 saturated carbocycles. The minimum absolute atomic E-state index is 0.646. The molecule has 0 radical (unpaired) electrons. The predicted octanol–water partition coefficient (Wildman–Crippen LogP) is 1.69. The van der Waals surface area contributed by atoms with Crippen LogP contribution >= 0.6 is 0 Å². The SMILES string of the molecule is COc1nn2c(c1C1CCNCC1)CCCC2. The molecule has 0 spiro atoms. The molecule has 3 heterocycles. The van der Waals surface area contributed by atoms with Crippen molar-refractivity contribution in [1.82, 2.24) is 15.1 Å². The van der Waals surface area contributed by atoms with E-state index in [0.29, 0.717) is 5.92 Å². The Labute approximate surface area is 102 Å². The Morgan fingerprint density at radius 3 is 2.88 bits per heavy atom. The highest BCUT2D eigenvalue weighted by Crippen LogP contribution is 2.37. The number of hydrogen-bond donors (Lipinski definition) is 1. The zero-order chi connectivity index (χ0) is 11.7. The van der Waals surface area contributed by atoms with Crippen LogP contribution in [0, 0.1) is 0 Å². The molecule has 1 aromatic heterocycles. The molecule has 1 N–H and O–H groups in total. The number of aromatic nitrogens is 2. The first kappa shape index (κ1) is 11.1. The minimum atomic E-state index is 0.646. The van der Waals surface area contributed by atoms with E-state index in [0.717, 1.165) is 25.5 Å². The van der Waals surface area contributed by atoms with Crippen molar-refractivity contribution in [2.75, 3.05) is 20.2 Å². The van der Waals surface area contributed by atoms with Crippen LogP contribution in [0.3, 0.4) is 0 Å². The summed E-state index contributed by atoms with van der Waals surface area (Å²) in [5.74, 6) is 1.53. The van der Waals surface area contributed by atoms with Crippen LogP contribution in [0.2, 0.25) is 0 Å². The van der Waals surface area contributed by atoms with Crippen molar-refractivity contribution in [1.29, 1.82) is 0 Å². The Morgan fingerprint density at radius 2 is 2.12 bits per heavy atom. The third-order valence-electron chi connectivity index (χ3n) is 4.04. The van der Waals surface area contributed by atoms with Gasteiger partial charge in [0, 0.05) is 17.8 Å². The summed E-state index contributed by atoms with van der Waals surface area (Å²) in [6, 6.07) is 0. The molecule has 0 unspecified atom stereocenters. The van der Waals surface area contributed by atoms with Crippen LogP contribution in [0.4, 0.5) is 0 Å². The smallest absolute Gasteiger partial charge is 0.236 e. The van der Waals surface area contributed by atoms with Gasteiger partial charge in [-0.05, 0) is 51.1 Å². The lowest BCUT2D eigenvalue weighted by molar-refractivity contribution is 0.373. The van der Waals surface area contributed by atoms with Crippen molar-refractivity contribution in [2.24, 2.45) is 0 Å². The van der Waals surface area contributed by atoms with Gasteiger partial charge in [0.25, 0.3) is 0 Å². The molecule has 1 aromatic rings. The Morgan fingerprint density at radius 1 is 1.29 bits per heavy atom. The number of piperidine rings is 1. The second-order valence-corrected chi connectivity index (χ2v) is 5.07. The highest BCUT2D eigenvalue weighted by atomic mass is 16.5. The van der Waals surface area contributed by atoms with Gasteiger partial charge in [-0.3, -0.25) is 4.68 Å². The third-order valence-corrected chi connectivity index (χ3v) is 4.04. The Kier molecular flexibility index (Phi) is 3.05. The van der Waals surface area contributed by atoms with E-state index in [1.54, 1.807) is 7.11 Å². The van der Waals surface area contributed by atoms with E-state index in [-0.39, 0.29) is 0 Å². The molecule has 0 amide bonds. The first-order valence-electron chi connectivity index (χ1n) is 6.74. The van der Waals surface area contributed by atoms with Crippen molar-refractivity contribution in [2.45, 2.75) is 44.6 Å². The number of ether oxygens (including phenoxy) is 1. The summed E-state index contributed by atoms with van der Waals surface area (Å²) >= 11 is 0. The summed E-state index contributed by atoms with van der Waals surface area (Å²) in [6.45, 7) is 3.31. The zero-order valence-corrected chi connectivity index (χ0v) is 10.5. The second kappa shape index (κ2) is 4.69. The van der Waals surface area contributed by atoms with Crippen LogP contribution in [0.15, 0.2) is 0 Å². The minimum Gasteiger partial charge on any atom is -0.480 e. The van der Waals surface area contributed by atoms with E-state index < -0.39 is 0 Å². The van der Waals surface area contributed by atoms with E-state index >= 15 is 0 Å². The molecule has 3 rings (SSSR count). The lowest BCUT2D eigenvalue weighted by atomic mass is 9.88. The molecule has 2 aliphatic heterocycles. The molecule has 17 heavy (non-hydrogen) atoms. The van der Waals surface area contributed by atoms with E-state index in [4.69, 9.17) is 4.74 Å². The fourth-order valence-electron chi connectivity index (χ4n) is 3.16. The molecule has 0 atom stereocenters. The summed E-state index contributed by atoms with van der Waals surface area (Å²) in [4.78, 5) is 0. The molecule has 94 valence electrons. The fourth-order valence-corrected chi connectivity index (χ4v) is 3.16. The maximum atomic E-state index is 5.50. The number of nitrogens with one attached hydrogen (secondary N) is 1. The average Bonchev–Trinajstić information content (AvgIpc) is 2.78. The molecule has 0 aromatic carbocycles. The number of nitrogens with zero attached hydrogens (tertiary/aromatic N) is 2. The van der Waals surface area contributed by atoms with Crippen molar-refractivity contribution >= 4 is 0 Å². The van der Waals surface area contributed by atoms with E-state index in [9.17, 15) is 0 Å². The highest BCUT2D eigenvalue weighted by Gasteiger charge is 2.28. The third kappa shape index (κ3) is 1.95. The van der Waals surface area contributed by atoms with E-state index in [1.165, 1.54) is 43.4 Å². The monoisotopic (exact) mass is 235 g/mol.